The molecule has 1 N–H and O–H groups in total. The Morgan fingerprint density at radius 2 is 1.57 bits per heavy atom. The summed E-state index contributed by atoms with van der Waals surface area (Å²) in [6.07, 6.45) is 8.09. The number of fused-ring (bicyclic) bond motifs is 1. The van der Waals surface area contributed by atoms with Crippen LogP contribution in [0.1, 0.15) is 43.2 Å². The van der Waals surface area contributed by atoms with Gasteiger partial charge in [-0.25, -0.2) is 8.42 Å². The fourth-order valence-corrected chi connectivity index (χ4v) is 6.24. The molecule has 154 valence electrons. The Morgan fingerprint density at radius 3 is 2.29 bits per heavy atom. The first-order valence-electron chi connectivity index (χ1n) is 10.8. The summed E-state index contributed by atoms with van der Waals surface area (Å²) in [5.74, 6) is 0.173. The van der Waals surface area contributed by atoms with Crippen LogP contribution in [0.25, 0.3) is 0 Å². The minimum absolute atomic E-state index is 0.173. The van der Waals surface area contributed by atoms with Crippen LogP contribution in [-0.2, 0) is 27.7 Å². The van der Waals surface area contributed by atoms with Crippen LogP contribution in [-0.4, -0.2) is 69.3 Å². The van der Waals surface area contributed by atoms with Gasteiger partial charge < -0.3 is 9.80 Å². The van der Waals surface area contributed by atoms with Gasteiger partial charge in [-0.2, -0.15) is 4.31 Å². The van der Waals surface area contributed by atoms with E-state index < -0.39 is 10.0 Å². The molecule has 7 heteroatoms. The van der Waals surface area contributed by atoms with Crippen molar-refractivity contribution in [1.29, 1.82) is 0 Å². The molecule has 1 aromatic rings. The zero-order valence-electron chi connectivity index (χ0n) is 16.7. The summed E-state index contributed by atoms with van der Waals surface area (Å²) < 4.78 is 27.6. The van der Waals surface area contributed by atoms with Gasteiger partial charge in [-0.15, -0.1) is 0 Å². The number of nitrogens with one attached hydrogen (secondary N) is 1. The maximum atomic E-state index is 13.0. The number of hydrogen-bond acceptors (Lipinski definition) is 3. The monoisotopic (exact) mass is 406 g/mol. The molecule has 2 fully saturated rings. The number of carbonyl (C=O) groups excluding carboxylic acids is 1. The molecule has 1 aliphatic carbocycles. The molecule has 1 aromatic carbocycles. The Morgan fingerprint density at radius 1 is 0.893 bits per heavy atom. The van der Waals surface area contributed by atoms with E-state index in [0.717, 1.165) is 32.4 Å². The third-order valence-corrected chi connectivity index (χ3v) is 8.41. The standard InChI is InChI=1S/C21H31N3O3S/c25-21(17-22-10-3-1-2-4-11-22)23-12-14-24(15-13-23)28(26,27)20-9-8-18-6-5-7-19(18)16-20/h8-9,16H,1-7,10-15,17H2/p+1. The van der Waals surface area contributed by atoms with Gasteiger partial charge in [0.05, 0.1) is 18.0 Å². The lowest BCUT2D eigenvalue weighted by molar-refractivity contribution is -0.891. The quantitative estimate of drug-likeness (QED) is 0.791. The van der Waals surface area contributed by atoms with Crippen LogP contribution in [0.4, 0.5) is 0 Å². The molecule has 2 saturated heterocycles. The van der Waals surface area contributed by atoms with Crippen molar-refractivity contribution in [3.63, 3.8) is 0 Å². The lowest BCUT2D eigenvalue weighted by Gasteiger charge is -2.34. The molecule has 0 radical (unpaired) electrons. The fourth-order valence-electron chi connectivity index (χ4n) is 4.77. The molecule has 0 spiro atoms. The molecule has 0 aromatic heterocycles. The molecule has 0 bridgehead atoms. The third-order valence-electron chi connectivity index (χ3n) is 6.51. The van der Waals surface area contributed by atoms with E-state index in [2.05, 4.69) is 0 Å². The first-order chi connectivity index (χ1) is 13.5. The number of sulfonamides is 1. The van der Waals surface area contributed by atoms with E-state index in [1.807, 2.05) is 17.0 Å². The van der Waals surface area contributed by atoms with Crippen molar-refractivity contribution >= 4 is 15.9 Å². The predicted molar refractivity (Wildman–Crippen MR) is 108 cm³/mol. The number of rotatable bonds is 4. The van der Waals surface area contributed by atoms with Crippen LogP contribution in [0, 0.1) is 0 Å². The van der Waals surface area contributed by atoms with Gasteiger partial charge in [-0.3, -0.25) is 4.79 Å². The van der Waals surface area contributed by atoms with Crippen molar-refractivity contribution < 1.29 is 18.1 Å². The number of aryl methyl sites for hydroxylation is 2. The van der Waals surface area contributed by atoms with Gasteiger partial charge in [0, 0.05) is 26.2 Å². The van der Waals surface area contributed by atoms with Crippen molar-refractivity contribution in [2.45, 2.75) is 49.8 Å². The fraction of sp³-hybridized carbons (Fsp3) is 0.667. The highest BCUT2D eigenvalue weighted by Crippen LogP contribution is 2.26. The summed E-state index contributed by atoms with van der Waals surface area (Å²) in [5, 5.41) is 0. The molecule has 0 unspecified atom stereocenters. The van der Waals surface area contributed by atoms with E-state index in [1.165, 1.54) is 41.7 Å². The number of benzene rings is 1. The smallest absolute Gasteiger partial charge is 0.277 e. The summed E-state index contributed by atoms with van der Waals surface area (Å²) in [4.78, 5) is 16.3. The Bertz CT molecular complexity index is 808. The van der Waals surface area contributed by atoms with Crippen molar-refractivity contribution in [1.82, 2.24) is 9.21 Å². The van der Waals surface area contributed by atoms with Gasteiger partial charge in [0.15, 0.2) is 6.54 Å². The average Bonchev–Trinajstić information content (AvgIpc) is 3.03. The van der Waals surface area contributed by atoms with Crippen LogP contribution in [0.5, 0.6) is 0 Å². The maximum Gasteiger partial charge on any atom is 0.277 e. The summed E-state index contributed by atoms with van der Waals surface area (Å²) in [6.45, 7) is 4.49. The first kappa shape index (κ1) is 19.9. The molecule has 6 nitrogen and oxygen atoms in total. The zero-order valence-corrected chi connectivity index (χ0v) is 17.5. The Hall–Kier alpha value is -1.44. The lowest BCUT2D eigenvalue weighted by Crippen LogP contribution is -3.13. The third kappa shape index (κ3) is 4.26. The number of hydrogen-bond donors (Lipinski definition) is 1. The minimum atomic E-state index is -3.47. The van der Waals surface area contributed by atoms with Gasteiger partial charge in [-0.1, -0.05) is 6.07 Å². The van der Waals surface area contributed by atoms with Gasteiger partial charge >= 0.3 is 0 Å². The molecule has 3 aliphatic rings. The van der Waals surface area contributed by atoms with Gasteiger partial charge in [0.25, 0.3) is 5.91 Å². The van der Waals surface area contributed by atoms with E-state index in [0.29, 0.717) is 37.6 Å². The van der Waals surface area contributed by atoms with Crippen molar-refractivity contribution in [3.05, 3.63) is 29.3 Å². The normalized spacial score (nSPS) is 22.1. The summed E-state index contributed by atoms with van der Waals surface area (Å²) in [6, 6.07) is 5.58. The summed E-state index contributed by atoms with van der Waals surface area (Å²) >= 11 is 0. The van der Waals surface area contributed by atoms with Crippen molar-refractivity contribution in [2.24, 2.45) is 0 Å². The van der Waals surface area contributed by atoms with Gasteiger partial charge in [-0.05, 0) is 68.2 Å². The van der Waals surface area contributed by atoms with Gasteiger partial charge in [0.1, 0.15) is 0 Å². The summed E-state index contributed by atoms with van der Waals surface area (Å²) in [5.41, 5.74) is 2.46. The molecule has 2 aliphatic heterocycles. The molecule has 2 heterocycles. The second-order valence-corrected chi connectivity index (χ2v) is 10.3. The van der Waals surface area contributed by atoms with Crippen molar-refractivity contribution in [3.8, 4) is 0 Å². The number of piperazine rings is 1. The Labute approximate surface area is 168 Å². The number of nitrogens with zero attached hydrogens (tertiary/aromatic N) is 2. The van der Waals surface area contributed by atoms with Crippen LogP contribution < -0.4 is 4.90 Å². The Balaban J connectivity index is 1.34. The topological polar surface area (TPSA) is 62.1 Å². The molecular weight excluding hydrogens is 374 g/mol. The maximum absolute atomic E-state index is 13.0. The largest absolute Gasteiger partial charge is 0.335 e. The van der Waals surface area contributed by atoms with Gasteiger partial charge in [0.2, 0.25) is 10.0 Å². The average molecular weight is 407 g/mol. The van der Waals surface area contributed by atoms with E-state index in [1.54, 1.807) is 10.4 Å². The number of carbonyl (C=O) groups is 1. The van der Waals surface area contributed by atoms with E-state index >= 15 is 0 Å². The van der Waals surface area contributed by atoms with E-state index in [-0.39, 0.29) is 5.91 Å². The summed E-state index contributed by atoms with van der Waals surface area (Å²) in [7, 11) is -3.47. The van der Waals surface area contributed by atoms with Crippen LogP contribution in [0.2, 0.25) is 0 Å². The van der Waals surface area contributed by atoms with E-state index in [9.17, 15) is 13.2 Å². The number of amides is 1. The SMILES string of the molecule is O=C(C[NH+]1CCCCCC1)N1CCN(S(=O)(=O)c2ccc3c(c2)CCC3)CC1. The highest BCUT2D eigenvalue weighted by atomic mass is 32.2. The van der Waals surface area contributed by atoms with Crippen LogP contribution >= 0.6 is 0 Å². The zero-order chi connectivity index (χ0) is 19.6. The molecule has 4 rings (SSSR count). The van der Waals surface area contributed by atoms with Crippen LogP contribution in [0.15, 0.2) is 23.1 Å². The predicted octanol–water partition coefficient (Wildman–Crippen LogP) is 0.467. The highest BCUT2D eigenvalue weighted by Gasteiger charge is 2.31. The number of quaternary nitrogens is 1. The minimum Gasteiger partial charge on any atom is -0.335 e. The Kier molecular flexibility index (Phi) is 6.04. The number of likely N-dealkylation sites (tertiary alicyclic amines) is 1. The second-order valence-electron chi connectivity index (χ2n) is 8.41. The van der Waals surface area contributed by atoms with E-state index in [4.69, 9.17) is 0 Å². The second kappa shape index (κ2) is 8.51. The molecule has 0 saturated carbocycles. The highest BCUT2D eigenvalue weighted by molar-refractivity contribution is 7.89. The lowest BCUT2D eigenvalue weighted by atomic mass is 10.1. The van der Waals surface area contributed by atoms with Crippen molar-refractivity contribution in [2.75, 3.05) is 45.8 Å². The molecule has 1 amide bonds. The molecule has 28 heavy (non-hydrogen) atoms. The molecule has 0 atom stereocenters. The first-order valence-corrected chi connectivity index (χ1v) is 12.2. The molecular formula is C21H32N3O3S+. The van der Waals surface area contributed by atoms with Crippen LogP contribution in [0.3, 0.4) is 0 Å².